The summed E-state index contributed by atoms with van der Waals surface area (Å²) in [5.41, 5.74) is -1.23. The number of aromatic nitrogens is 2. The number of ether oxygens (including phenoxy) is 1. The van der Waals surface area contributed by atoms with Crippen molar-refractivity contribution >= 4 is 10.1 Å². The summed E-state index contributed by atoms with van der Waals surface area (Å²) in [6.07, 6.45) is -4.84. The van der Waals surface area contributed by atoms with Crippen molar-refractivity contribution in [1.82, 2.24) is 9.55 Å². The topological polar surface area (TPSA) is 179 Å². The first-order valence-electron chi connectivity index (χ1n) is 8.13. The standard InChI is InChI=1S/C9H11FN2O6.C7H8O3S/c10-3-1-12(9(17)11-7(3)16)8-6(15)5(14)4(2-13)18-8;1-6-2-4-7(5-3-6)11(8,9)10/h1,4-6,8,13-15H,2H2,(H,11,16,17);2-5H,1H3,(H,8,9,10)/t4-,5-,6-,8-;/m1./s1. The second kappa shape index (κ2) is 8.94. The number of hydrogen-bond donors (Lipinski definition) is 5. The van der Waals surface area contributed by atoms with E-state index in [0.29, 0.717) is 10.8 Å². The lowest BCUT2D eigenvalue weighted by molar-refractivity contribution is -0.0554. The van der Waals surface area contributed by atoms with E-state index in [1.807, 2.05) is 6.92 Å². The molecule has 0 aliphatic carbocycles. The van der Waals surface area contributed by atoms with E-state index in [1.165, 1.54) is 12.1 Å². The number of H-pyrrole nitrogens is 1. The Morgan fingerprint density at radius 1 is 1.17 bits per heavy atom. The van der Waals surface area contributed by atoms with E-state index in [0.717, 1.165) is 5.56 Å². The maximum Gasteiger partial charge on any atom is 0.330 e. The van der Waals surface area contributed by atoms with Gasteiger partial charge in [0.05, 0.1) is 17.7 Å². The molecular weight excluding hydrogens is 415 g/mol. The molecule has 29 heavy (non-hydrogen) atoms. The summed E-state index contributed by atoms with van der Waals surface area (Å²) < 4.78 is 48.2. The lowest BCUT2D eigenvalue weighted by Crippen LogP contribution is -2.38. The number of aliphatic hydroxyl groups is 3. The van der Waals surface area contributed by atoms with E-state index in [9.17, 15) is 32.6 Å². The first-order valence-corrected chi connectivity index (χ1v) is 9.57. The Balaban J connectivity index is 0.000000234. The highest BCUT2D eigenvalue weighted by Gasteiger charge is 2.43. The van der Waals surface area contributed by atoms with Crippen LogP contribution in [0.2, 0.25) is 0 Å². The van der Waals surface area contributed by atoms with Crippen molar-refractivity contribution in [1.29, 1.82) is 0 Å². The first-order chi connectivity index (χ1) is 13.5. The maximum atomic E-state index is 13.1. The highest BCUT2D eigenvalue weighted by atomic mass is 32.2. The van der Waals surface area contributed by atoms with Crippen molar-refractivity contribution in [3.8, 4) is 0 Å². The molecule has 1 fully saturated rings. The van der Waals surface area contributed by atoms with Crippen molar-refractivity contribution in [3.05, 3.63) is 62.7 Å². The number of hydrogen-bond acceptors (Lipinski definition) is 8. The molecule has 2 heterocycles. The summed E-state index contributed by atoms with van der Waals surface area (Å²) in [5.74, 6) is -1.23. The summed E-state index contributed by atoms with van der Waals surface area (Å²) in [5, 5.41) is 28.0. The zero-order valence-electron chi connectivity index (χ0n) is 15.0. The molecule has 1 saturated heterocycles. The van der Waals surface area contributed by atoms with Crippen LogP contribution in [0, 0.1) is 12.7 Å². The van der Waals surface area contributed by atoms with E-state index in [1.54, 1.807) is 17.1 Å². The maximum absolute atomic E-state index is 13.1. The molecule has 1 aromatic carbocycles. The molecule has 5 N–H and O–H groups in total. The van der Waals surface area contributed by atoms with Crippen molar-refractivity contribution in [2.75, 3.05) is 6.61 Å². The number of nitrogens with one attached hydrogen (secondary N) is 1. The van der Waals surface area contributed by atoms with Crippen LogP contribution < -0.4 is 11.2 Å². The third kappa shape index (κ3) is 5.35. The van der Waals surface area contributed by atoms with E-state index in [4.69, 9.17) is 14.4 Å². The number of nitrogens with zero attached hydrogens (tertiary/aromatic N) is 1. The van der Waals surface area contributed by atoms with Gasteiger partial charge in [0.15, 0.2) is 6.23 Å². The molecule has 0 amide bonds. The molecule has 11 nitrogen and oxygen atoms in total. The van der Waals surface area contributed by atoms with Crippen LogP contribution in [0.1, 0.15) is 11.8 Å². The zero-order valence-corrected chi connectivity index (χ0v) is 15.8. The lowest BCUT2D eigenvalue weighted by Gasteiger charge is -2.16. The van der Waals surface area contributed by atoms with E-state index < -0.39 is 58.3 Å². The normalized spacial score (nSPS) is 24.1. The zero-order chi connectivity index (χ0) is 21.9. The highest BCUT2D eigenvalue weighted by molar-refractivity contribution is 7.85. The van der Waals surface area contributed by atoms with Crippen LogP contribution in [-0.4, -0.2) is 62.8 Å². The number of rotatable bonds is 3. The summed E-state index contributed by atoms with van der Waals surface area (Å²) in [7, 11) is -4.02. The van der Waals surface area contributed by atoms with Crippen LogP contribution in [0.4, 0.5) is 4.39 Å². The first kappa shape index (κ1) is 22.9. The fraction of sp³-hybridized carbons (Fsp3) is 0.375. The van der Waals surface area contributed by atoms with Crippen LogP contribution in [0.3, 0.4) is 0 Å². The Hall–Kier alpha value is -2.42. The summed E-state index contributed by atoms with van der Waals surface area (Å²) >= 11 is 0. The van der Waals surface area contributed by atoms with E-state index in [-0.39, 0.29) is 4.90 Å². The van der Waals surface area contributed by atoms with Crippen molar-refractivity contribution in [2.45, 2.75) is 36.4 Å². The van der Waals surface area contributed by atoms with Gasteiger partial charge in [-0.05, 0) is 19.1 Å². The van der Waals surface area contributed by atoms with Gasteiger partial charge in [-0.15, -0.1) is 0 Å². The van der Waals surface area contributed by atoms with Crippen LogP contribution in [0.5, 0.6) is 0 Å². The molecule has 0 bridgehead atoms. The Morgan fingerprint density at radius 2 is 1.76 bits per heavy atom. The quantitative estimate of drug-likeness (QED) is 0.361. The van der Waals surface area contributed by atoms with Gasteiger partial charge in [-0.3, -0.25) is 18.9 Å². The predicted octanol–water partition coefficient (Wildman–Crippen LogP) is -1.47. The Morgan fingerprint density at radius 3 is 2.24 bits per heavy atom. The lowest BCUT2D eigenvalue weighted by atomic mass is 10.1. The van der Waals surface area contributed by atoms with Crippen LogP contribution in [0.25, 0.3) is 0 Å². The largest absolute Gasteiger partial charge is 0.394 e. The molecule has 4 atom stereocenters. The Labute approximate surface area is 163 Å². The molecule has 160 valence electrons. The molecule has 13 heteroatoms. The molecule has 2 aromatic rings. The molecule has 1 aromatic heterocycles. The molecule has 1 aliphatic heterocycles. The third-order valence-electron chi connectivity index (χ3n) is 4.03. The van der Waals surface area contributed by atoms with Gasteiger partial charge < -0.3 is 20.1 Å². The Bertz CT molecular complexity index is 1070. The van der Waals surface area contributed by atoms with Crippen molar-refractivity contribution < 1.29 is 37.4 Å². The molecule has 0 radical (unpaired) electrons. The predicted molar refractivity (Wildman–Crippen MR) is 95.3 cm³/mol. The second-order valence-corrected chi connectivity index (χ2v) is 7.58. The minimum Gasteiger partial charge on any atom is -0.394 e. The van der Waals surface area contributed by atoms with E-state index >= 15 is 0 Å². The van der Waals surface area contributed by atoms with Gasteiger partial charge in [0, 0.05) is 0 Å². The molecule has 0 saturated carbocycles. The fourth-order valence-electron chi connectivity index (χ4n) is 2.47. The number of aliphatic hydroxyl groups excluding tert-OH is 3. The third-order valence-corrected chi connectivity index (χ3v) is 4.90. The molecule has 3 rings (SSSR count). The molecule has 0 unspecified atom stereocenters. The summed E-state index contributed by atoms with van der Waals surface area (Å²) in [6.45, 7) is 1.27. The van der Waals surface area contributed by atoms with Gasteiger partial charge in [0.1, 0.15) is 18.3 Å². The minimum absolute atomic E-state index is 0.0666. The minimum atomic E-state index is -4.02. The van der Waals surface area contributed by atoms with Crippen molar-refractivity contribution in [3.63, 3.8) is 0 Å². The average Bonchev–Trinajstić information content (AvgIpc) is 2.93. The second-order valence-electron chi connectivity index (χ2n) is 6.16. The van der Waals surface area contributed by atoms with Gasteiger partial charge in [-0.1, -0.05) is 17.7 Å². The van der Waals surface area contributed by atoms with Crippen LogP contribution in [0.15, 0.2) is 44.9 Å². The van der Waals surface area contributed by atoms with Crippen molar-refractivity contribution in [2.24, 2.45) is 0 Å². The number of halogens is 1. The monoisotopic (exact) mass is 434 g/mol. The Kier molecular flexibility index (Phi) is 7.05. The SMILES string of the molecule is Cc1ccc(S(=O)(=O)O)cc1.O=c1[nH]c(=O)n([C@@H]2O[C@H](CO)[C@@H](O)[C@H]2O)cc1F. The molecule has 1 aliphatic rings. The van der Waals surface area contributed by atoms with Crippen LogP contribution >= 0.6 is 0 Å². The van der Waals surface area contributed by atoms with Crippen LogP contribution in [-0.2, 0) is 14.9 Å². The summed E-state index contributed by atoms with van der Waals surface area (Å²) in [6, 6.07) is 5.99. The highest BCUT2D eigenvalue weighted by Crippen LogP contribution is 2.27. The van der Waals surface area contributed by atoms with Gasteiger partial charge >= 0.3 is 5.69 Å². The van der Waals surface area contributed by atoms with Gasteiger partial charge in [-0.25, -0.2) is 4.79 Å². The van der Waals surface area contributed by atoms with Gasteiger partial charge in [0.2, 0.25) is 5.82 Å². The fourth-order valence-corrected chi connectivity index (χ4v) is 2.95. The number of benzene rings is 1. The number of aryl methyl sites for hydroxylation is 1. The van der Waals surface area contributed by atoms with Gasteiger partial charge in [-0.2, -0.15) is 12.8 Å². The van der Waals surface area contributed by atoms with Gasteiger partial charge in [0.25, 0.3) is 15.7 Å². The van der Waals surface area contributed by atoms with E-state index in [2.05, 4.69) is 0 Å². The summed E-state index contributed by atoms with van der Waals surface area (Å²) in [4.78, 5) is 23.9. The molecular formula is C16H19FN2O9S. The average molecular weight is 434 g/mol. The smallest absolute Gasteiger partial charge is 0.330 e. The number of aromatic amines is 1. The molecule has 0 spiro atoms.